The highest BCUT2D eigenvalue weighted by Crippen LogP contribution is 2.20. The predicted molar refractivity (Wildman–Crippen MR) is 76.5 cm³/mol. The fourth-order valence-corrected chi connectivity index (χ4v) is 2.18. The Morgan fingerprint density at radius 3 is 2.47 bits per heavy atom. The Morgan fingerprint density at radius 2 is 1.88 bits per heavy atom. The minimum absolute atomic E-state index is 0.731. The van der Waals surface area contributed by atoms with Gasteiger partial charge in [-0.15, -0.1) is 0 Å². The zero-order chi connectivity index (χ0) is 12.8. The zero-order valence-electron chi connectivity index (χ0n) is 12.0. The standard InChI is InChI=1S/C16H27N/c1-6-17-11-16(12(2)3)10-15-9-13(4)7-8-14(15)5/h7-9,12,16-17H,6,10-11H2,1-5H3. The Morgan fingerprint density at radius 1 is 1.18 bits per heavy atom. The van der Waals surface area contributed by atoms with Crippen molar-refractivity contribution >= 4 is 0 Å². The van der Waals surface area contributed by atoms with Gasteiger partial charge in [-0.2, -0.15) is 0 Å². The van der Waals surface area contributed by atoms with Crippen molar-refractivity contribution in [2.24, 2.45) is 11.8 Å². The van der Waals surface area contributed by atoms with Gasteiger partial charge < -0.3 is 5.32 Å². The van der Waals surface area contributed by atoms with Crippen LogP contribution in [0.3, 0.4) is 0 Å². The van der Waals surface area contributed by atoms with E-state index >= 15 is 0 Å². The molecule has 0 aliphatic carbocycles. The lowest BCUT2D eigenvalue weighted by Gasteiger charge is -2.22. The molecule has 0 aliphatic heterocycles. The van der Waals surface area contributed by atoms with Crippen LogP contribution in [-0.2, 0) is 6.42 Å². The van der Waals surface area contributed by atoms with E-state index in [0.717, 1.165) is 24.9 Å². The lowest BCUT2D eigenvalue weighted by molar-refractivity contribution is 0.363. The molecule has 1 atom stereocenters. The number of hydrogen-bond acceptors (Lipinski definition) is 1. The number of benzene rings is 1. The first-order chi connectivity index (χ1) is 8.04. The Labute approximate surface area is 107 Å². The summed E-state index contributed by atoms with van der Waals surface area (Å²) in [5.74, 6) is 1.46. The van der Waals surface area contributed by atoms with Crippen molar-refractivity contribution in [2.45, 2.75) is 41.0 Å². The van der Waals surface area contributed by atoms with Crippen molar-refractivity contribution in [3.63, 3.8) is 0 Å². The van der Waals surface area contributed by atoms with E-state index in [2.05, 4.69) is 58.1 Å². The molecule has 0 bridgehead atoms. The molecule has 1 aromatic carbocycles. The van der Waals surface area contributed by atoms with Crippen molar-refractivity contribution in [3.8, 4) is 0 Å². The number of rotatable bonds is 6. The van der Waals surface area contributed by atoms with Gasteiger partial charge >= 0.3 is 0 Å². The Balaban J connectivity index is 2.74. The lowest BCUT2D eigenvalue weighted by atomic mass is 9.87. The molecule has 0 saturated heterocycles. The van der Waals surface area contributed by atoms with Gasteiger partial charge in [0.15, 0.2) is 0 Å². The fraction of sp³-hybridized carbons (Fsp3) is 0.625. The summed E-state index contributed by atoms with van der Waals surface area (Å²) in [7, 11) is 0. The highest BCUT2D eigenvalue weighted by Gasteiger charge is 2.14. The SMILES string of the molecule is CCNCC(Cc1cc(C)ccc1C)C(C)C. The predicted octanol–water partition coefficient (Wildman–Crippen LogP) is 3.73. The third-order valence-corrected chi connectivity index (χ3v) is 3.59. The van der Waals surface area contributed by atoms with Gasteiger partial charge in [-0.1, -0.05) is 44.5 Å². The summed E-state index contributed by atoms with van der Waals surface area (Å²) in [5, 5.41) is 3.48. The quantitative estimate of drug-likeness (QED) is 0.789. The molecular formula is C16H27N. The molecule has 0 spiro atoms. The molecule has 1 nitrogen and oxygen atoms in total. The molecule has 1 heteroatoms. The average Bonchev–Trinajstić information content (AvgIpc) is 2.28. The van der Waals surface area contributed by atoms with Crippen LogP contribution in [0.4, 0.5) is 0 Å². The van der Waals surface area contributed by atoms with Gasteiger partial charge in [0, 0.05) is 0 Å². The van der Waals surface area contributed by atoms with Crippen LogP contribution in [0, 0.1) is 25.7 Å². The third kappa shape index (κ3) is 4.51. The van der Waals surface area contributed by atoms with Crippen LogP contribution in [0.1, 0.15) is 37.5 Å². The molecule has 0 aliphatic rings. The topological polar surface area (TPSA) is 12.0 Å². The van der Waals surface area contributed by atoms with Crippen molar-refractivity contribution < 1.29 is 0 Å². The lowest BCUT2D eigenvalue weighted by Crippen LogP contribution is -2.27. The van der Waals surface area contributed by atoms with Gasteiger partial charge in [-0.05, 0) is 56.3 Å². The van der Waals surface area contributed by atoms with Crippen LogP contribution in [-0.4, -0.2) is 13.1 Å². The summed E-state index contributed by atoms with van der Waals surface area (Å²) < 4.78 is 0. The molecule has 17 heavy (non-hydrogen) atoms. The Bertz CT molecular complexity index is 341. The summed E-state index contributed by atoms with van der Waals surface area (Å²) in [6.07, 6.45) is 1.19. The van der Waals surface area contributed by atoms with E-state index in [4.69, 9.17) is 0 Å². The maximum absolute atomic E-state index is 3.48. The molecule has 0 amide bonds. The fourth-order valence-electron chi connectivity index (χ4n) is 2.18. The van der Waals surface area contributed by atoms with Crippen molar-refractivity contribution in [1.29, 1.82) is 0 Å². The molecule has 1 N–H and O–H groups in total. The van der Waals surface area contributed by atoms with E-state index in [1.165, 1.54) is 23.1 Å². The third-order valence-electron chi connectivity index (χ3n) is 3.59. The summed E-state index contributed by atoms with van der Waals surface area (Å²) in [4.78, 5) is 0. The monoisotopic (exact) mass is 233 g/mol. The molecule has 0 radical (unpaired) electrons. The van der Waals surface area contributed by atoms with Crippen LogP contribution in [0.2, 0.25) is 0 Å². The molecule has 1 aromatic rings. The normalized spacial score (nSPS) is 13.1. The van der Waals surface area contributed by atoms with Crippen LogP contribution in [0.5, 0.6) is 0 Å². The highest BCUT2D eigenvalue weighted by atomic mass is 14.8. The van der Waals surface area contributed by atoms with Gasteiger partial charge in [-0.3, -0.25) is 0 Å². The van der Waals surface area contributed by atoms with Crippen LogP contribution in [0.15, 0.2) is 18.2 Å². The van der Waals surface area contributed by atoms with Crippen LogP contribution >= 0.6 is 0 Å². The van der Waals surface area contributed by atoms with Crippen molar-refractivity contribution in [1.82, 2.24) is 5.32 Å². The zero-order valence-corrected chi connectivity index (χ0v) is 12.0. The number of hydrogen-bond donors (Lipinski definition) is 1. The average molecular weight is 233 g/mol. The molecule has 0 saturated carbocycles. The maximum Gasteiger partial charge on any atom is -0.00150 e. The molecular weight excluding hydrogens is 206 g/mol. The highest BCUT2D eigenvalue weighted by molar-refractivity contribution is 5.30. The largest absolute Gasteiger partial charge is 0.317 e. The van der Waals surface area contributed by atoms with Gasteiger partial charge in [0.1, 0.15) is 0 Å². The van der Waals surface area contributed by atoms with Crippen molar-refractivity contribution in [3.05, 3.63) is 34.9 Å². The first-order valence-corrected chi connectivity index (χ1v) is 6.81. The number of nitrogens with one attached hydrogen (secondary N) is 1. The summed E-state index contributed by atoms with van der Waals surface area (Å²) in [5.41, 5.74) is 4.32. The van der Waals surface area contributed by atoms with Crippen LogP contribution in [0.25, 0.3) is 0 Å². The van der Waals surface area contributed by atoms with E-state index in [1.54, 1.807) is 0 Å². The van der Waals surface area contributed by atoms with E-state index in [1.807, 2.05) is 0 Å². The molecule has 1 unspecified atom stereocenters. The van der Waals surface area contributed by atoms with Gasteiger partial charge in [0.25, 0.3) is 0 Å². The Kier molecular flexibility index (Phi) is 5.70. The van der Waals surface area contributed by atoms with Crippen LogP contribution < -0.4 is 5.32 Å². The smallest absolute Gasteiger partial charge is 0.00150 e. The molecule has 96 valence electrons. The van der Waals surface area contributed by atoms with Gasteiger partial charge in [-0.25, -0.2) is 0 Å². The first-order valence-electron chi connectivity index (χ1n) is 6.81. The second-order valence-corrected chi connectivity index (χ2v) is 5.45. The van der Waals surface area contributed by atoms with Gasteiger partial charge in [0.2, 0.25) is 0 Å². The van der Waals surface area contributed by atoms with E-state index in [9.17, 15) is 0 Å². The molecule has 0 aromatic heterocycles. The van der Waals surface area contributed by atoms with E-state index < -0.39 is 0 Å². The second-order valence-electron chi connectivity index (χ2n) is 5.45. The Hall–Kier alpha value is -0.820. The van der Waals surface area contributed by atoms with Gasteiger partial charge in [0.05, 0.1) is 0 Å². The number of aryl methyl sites for hydroxylation is 2. The minimum Gasteiger partial charge on any atom is -0.317 e. The summed E-state index contributed by atoms with van der Waals surface area (Å²) >= 11 is 0. The maximum atomic E-state index is 3.48. The minimum atomic E-state index is 0.731. The van der Waals surface area contributed by atoms with Crippen molar-refractivity contribution in [2.75, 3.05) is 13.1 Å². The second kappa shape index (κ2) is 6.80. The first kappa shape index (κ1) is 14.2. The molecule has 0 fully saturated rings. The molecule has 1 rings (SSSR count). The van der Waals surface area contributed by atoms with E-state index in [0.29, 0.717) is 0 Å². The summed E-state index contributed by atoms with van der Waals surface area (Å²) in [6.45, 7) is 13.4. The van der Waals surface area contributed by atoms with E-state index in [-0.39, 0.29) is 0 Å². The summed E-state index contributed by atoms with van der Waals surface area (Å²) in [6, 6.07) is 6.79. The molecule has 0 heterocycles.